The quantitative estimate of drug-likeness (QED) is 0.782. The molecule has 8 heteroatoms. The summed E-state index contributed by atoms with van der Waals surface area (Å²) in [5.74, 6) is 2.30. The van der Waals surface area contributed by atoms with Crippen molar-refractivity contribution in [3.8, 4) is 5.75 Å². The number of rotatable bonds is 6. The number of fused-ring (bicyclic) bond motifs is 2. The fraction of sp³-hybridized carbons (Fsp3) is 0.650. The third-order valence-corrected chi connectivity index (χ3v) is 8.28. The van der Waals surface area contributed by atoms with Gasteiger partial charge in [-0.1, -0.05) is 6.42 Å². The molecular weight excluding hydrogens is 380 g/mol. The molecule has 0 unspecified atom stereocenters. The van der Waals surface area contributed by atoms with E-state index in [0.717, 1.165) is 12.3 Å². The lowest BCUT2D eigenvalue weighted by Gasteiger charge is -2.26. The molecule has 0 spiro atoms. The topological polar surface area (TPSA) is 84.9 Å². The summed E-state index contributed by atoms with van der Waals surface area (Å²) in [7, 11) is -2.12. The normalized spacial score (nSPS) is 27.7. The number of nitrogens with one attached hydrogen (secondary N) is 1. The van der Waals surface area contributed by atoms with E-state index >= 15 is 0 Å². The molecule has 154 valence electrons. The zero-order chi connectivity index (χ0) is 19.7. The van der Waals surface area contributed by atoms with Crippen molar-refractivity contribution < 1.29 is 22.7 Å². The standard InChI is InChI=1S/C20H28N2O5S/c1-26-19-5-4-17(28(24,25)22-6-8-27-9-7-22)13-18(19)21-20(23)12-16-11-14-2-3-15(16)10-14/h4-5,13-16H,2-3,6-12H2,1H3,(H,21,23)/t14-,15+,16-/m0/s1. The molecule has 1 amide bonds. The van der Waals surface area contributed by atoms with Crippen LogP contribution in [0.3, 0.4) is 0 Å². The van der Waals surface area contributed by atoms with Crippen LogP contribution in [-0.4, -0.2) is 52.0 Å². The van der Waals surface area contributed by atoms with E-state index in [1.165, 1.54) is 42.8 Å². The summed E-state index contributed by atoms with van der Waals surface area (Å²) in [6, 6.07) is 4.62. The SMILES string of the molecule is COc1ccc(S(=O)(=O)N2CCOCC2)cc1NC(=O)C[C@@H]1C[C@H]2CC[C@@H]1C2. The number of carbonyl (C=O) groups is 1. The van der Waals surface area contributed by atoms with Crippen molar-refractivity contribution >= 4 is 21.6 Å². The smallest absolute Gasteiger partial charge is 0.243 e. The molecule has 3 aliphatic rings. The summed E-state index contributed by atoms with van der Waals surface area (Å²) in [6.45, 7) is 1.45. The van der Waals surface area contributed by atoms with Crippen LogP contribution in [0.1, 0.15) is 32.1 Å². The van der Waals surface area contributed by atoms with Gasteiger partial charge < -0.3 is 14.8 Å². The van der Waals surface area contributed by atoms with E-state index in [-0.39, 0.29) is 10.8 Å². The third-order valence-electron chi connectivity index (χ3n) is 6.38. The van der Waals surface area contributed by atoms with Gasteiger partial charge in [-0.15, -0.1) is 0 Å². The maximum atomic E-state index is 12.9. The first-order valence-electron chi connectivity index (χ1n) is 10.0. The predicted octanol–water partition coefficient (Wildman–Crippen LogP) is 2.48. The van der Waals surface area contributed by atoms with Gasteiger partial charge in [0, 0.05) is 19.5 Å². The second-order valence-electron chi connectivity index (χ2n) is 8.07. The summed E-state index contributed by atoms with van der Waals surface area (Å²) in [5.41, 5.74) is 0.407. The number of sulfonamides is 1. The van der Waals surface area contributed by atoms with Crippen LogP contribution >= 0.6 is 0 Å². The van der Waals surface area contributed by atoms with Gasteiger partial charge in [-0.3, -0.25) is 4.79 Å². The van der Waals surface area contributed by atoms with Gasteiger partial charge in [0.1, 0.15) is 5.75 Å². The fourth-order valence-electron chi connectivity index (χ4n) is 4.95. The molecule has 3 atom stereocenters. The molecule has 7 nitrogen and oxygen atoms in total. The van der Waals surface area contributed by atoms with Gasteiger partial charge in [-0.2, -0.15) is 4.31 Å². The van der Waals surface area contributed by atoms with E-state index in [0.29, 0.717) is 56.0 Å². The van der Waals surface area contributed by atoms with Crippen LogP contribution in [0.25, 0.3) is 0 Å². The van der Waals surface area contributed by atoms with E-state index in [1.54, 1.807) is 6.07 Å². The molecule has 1 aliphatic heterocycles. The highest BCUT2D eigenvalue weighted by molar-refractivity contribution is 7.89. The number of morpholine rings is 1. The minimum Gasteiger partial charge on any atom is -0.495 e. The lowest BCUT2D eigenvalue weighted by molar-refractivity contribution is -0.117. The van der Waals surface area contributed by atoms with Crippen LogP contribution in [0, 0.1) is 17.8 Å². The van der Waals surface area contributed by atoms with Crippen molar-refractivity contribution in [3.05, 3.63) is 18.2 Å². The first-order chi connectivity index (χ1) is 13.5. The van der Waals surface area contributed by atoms with Gasteiger partial charge in [0.15, 0.2) is 0 Å². The Kier molecular flexibility index (Phi) is 5.62. The highest BCUT2D eigenvalue weighted by Gasteiger charge is 2.40. The number of amides is 1. The molecule has 0 aromatic heterocycles. The molecule has 1 N–H and O–H groups in total. The molecule has 1 aromatic carbocycles. The molecule has 1 aromatic rings. The number of ether oxygens (including phenoxy) is 2. The number of hydrogen-bond donors (Lipinski definition) is 1. The molecule has 28 heavy (non-hydrogen) atoms. The first kappa shape index (κ1) is 19.7. The van der Waals surface area contributed by atoms with Gasteiger partial charge in [0.25, 0.3) is 0 Å². The van der Waals surface area contributed by atoms with Crippen LogP contribution in [0.2, 0.25) is 0 Å². The number of hydrogen-bond acceptors (Lipinski definition) is 5. The van der Waals surface area contributed by atoms with Crippen molar-refractivity contribution in [1.82, 2.24) is 4.31 Å². The zero-order valence-corrected chi connectivity index (χ0v) is 17.0. The van der Waals surface area contributed by atoms with Gasteiger partial charge in [0.05, 0.1) is 30.9 Å². The average Bonchev–Trinajstić information content (AvgIpc) is 3.31. The Bertz CT molecular complexity index is 835. The van der Waals surface area contributed by atoms with Gasteiger partial charge in [0.2, 0.25) is 15.9 Å². The van der Waals surface area contributed by atoms with Crippen molar-refractivity contribution in [1.29, 1.82) is 0 Å². The van der Waals surface area contributed by atoms with E-state index in [1.807, 2.05) is 0 Å². The largest absolute Gasteiger partial charge is 0.495 e. The minimum absolute atomic E-state index is 0.0724. The fourth-order valence-corrected chi connectivity index (χ4v) is 6.38. The number of nitrogens with zero attached hydrogens (tertiary/aromatic N) is 1. The Morgan fingerprint density at radius 3 is 2.68 bits per heavy atom. The van der Waals surface area contributed by atoms with Crippen molar-refractivity contribution in [2.24, 2.45) is 17.8 Å². The summed E-state index contributed by atoms with van der Waals surface area (Å²) in [6.07, 6.45) is 5.43. The first-order valence-corrected chi connectivity index (χ1v) is 11.5. The summed E-state index contributed by atoms with van der Waals surface area (Å²) >= 11 is 0. The highest BCUT2D eigenvalue weighted by Crippen LogP contribution is 2.49. The maximum absolute atomic E-state index is 12.9. The summed E-state index contributed by atoms with van der Waals surface area (Å²) in [4.78, 5) is 12.8. The molecule has 1 heterocycles. The van der Waals surface area contributed by atoms with Crippen LogP contribution in [-0.2, 0) is 19.6 Å². The second kappa shape index (κ2) is 8.00. The van der Waals surface area contributed by atoms with E-state index in [9.17, 15) is 13.2 Å². The van der Waals surface area contributed by atoms with Gasteiger partial charge >= 0.3 is 0 Å². The molecule has 0 radical (unpaired) electrons. The second-order valence-corrected chi connectivity index (χ2v) is 10.0. The molecule has 3 fully saturated rings. The number of benzene rings is 1. The maximum Gasteiger partial charge on any atom is 0.243 e. The third kappa shape index (κ3) is 3.90. The number of methoxy groups -OCH3 is 1. The Balaban J connectivity index is 1.49. The van der Waals surface area contributed by atoms with Crippen molar-refractivity contribution in [2.45, 2.75) is 37.0 Å². The van der Waals surface area contributed by atoms with Crippen LogP contribution in [0.4, 0.5) is 5.69 Å². The van der Waals surface area contributed by atoms with E-state index in [2.05, 4.69) is 5.32 Å². The highest BCUT2D eigenvalue weighted by atomic mass is 32.2. The van der Waals surface area contributed by atoms with Crippen molar-refractivity contribution in [2.75, 3.05) is 38.7 Å². The van der Waals surface area contributed by atoms with Crippen molar-refractivity contribution in [3.63, 3.8) is 0 Å². The van der Waals surface area contributed by atoms with Gasteiger partial charge in [-0.05, 0) is 55.2 Å². The molecule has 1 saturated heterocycles. The lowest BCUT2D eigenvalue weighted by Crippen LogP contribution is -2.40. The molecule has 4 rings (SSSR count). The monoisotopic (exact) mass is 408 g/mol. The molecule has 2 saturated carbocycles. The van der Waals surface area contributed by atoms with Gasteiger partial charge in [-0.25, -0.2) is 8.42 Å². The predicted molar refractivity (Wildman–Crippen MR) is 105 cm³/mol. The zero-order valence-electron chi connectivity index (χ0n) is 16.2. The summed E-state index contributed by atoms with van der Waals surface area (Å²) in [5, 5.41) is 2.89. The Labute approximate surface area is 166 Å². The summed E-state index contributed by atoms with van der Waals surface area (Å²) < 4.78 is 37.8. The van der Waals surface area contributed by atoms with Crippen LogP contribution in [0.5, 0.6) is 5.75 Å². The van der Waals surface area contributed by atoms with Crippen LogP contribution in [0.15, 0.2) is 23.1 Å². The minimum atomic E-state index is -3.63. The number of carbonyl (C=O) groups excluding carboxylic acids is 1. The van der Waals surface area contributed by atoms with E-state index in [4.69, 9.17) is 9.47 Å². The Morgan fingerprint density at radius 2 is 2.04 bits per heavy atom. The Hall–Kier alpha value is -1.64. The number of anilines is 1. The molecule has 2 aliphatic carbocycles. The molecule has 2 bridgehead atoms. The lowest BCUT2D eigenvalue weighted by atomic mass is 9.86. The van der Waals surface area contributed by atoms with E-state index < -0.39 is 10.0 Å². The molecular formula is C20H28N2O5S. The van der Waals surface area contributed by atoms with Crippen LogP contribution < -0.4 is 10.1 Å². The average molecular weight is 409 g/mol. The Morgan fingerprint density at radius 1 is 1.25 bits per heavy atom.